The second-order valence-electron chi connectivity index (χ2n) is 6.56. The van der Waals surface area contributed by atoms with E-state index in [0.29, 0.717) is 35.0 Å². The predicted molar refractivity (Wildman–Crippen MR) is 102 cm³/mol. The fourth-order valence-electron chi connectivity index (χ4n) is 2.38. The number of aromatic nitrogens is 1. The monoisotopic (exact) mass is 355 g/mol. The van der Waals surface area contributed by atoms with Gasteiger partial charge in [-0.3, -0.25) is 14.6 Å². The molecule has 1 heterocycles. The minimum atomic E-state index is -0.349. The summed E-state index contributed by atoms with van der Waals surface area (Å²) < 4.78 is 5.27. The molecule has 0 radical (unpaired) electrons. The molecule has 1 aromatic heterocycles. The van der Waals surface area contributed by atoms with E-state index in [1.54, 1.807) is 13.2 Å². The summed E-state index contributed by atoms with van der Waals surface area (Å²) in [4.78, 5) is 28.8. The largest absolute Gasteiger partial charge is 0.495 e. The first-order valence-corrected chi connectivity index (χ1v) is 8.60. The lowest BCUT2D eigenvalue weighted by atomic mass is 10.1. The first-order valence-electron chi connectivity index (χ1n) is 8.60. The van der Waals surface area contributed by atoms with Crippen LogP contribution >= 0.6 is 0 Å². The lowest BCUT2D eigenvalue weighted by molar-refractivity contribution is 0.0951. The van der Waals surface area contributed by atoms with Crippen LogP contribution in [-0.2, 0) is 0 Å². The van der Waals surface area contributed by atoms with Gasteiger partial charge in [0.2, 0.25) is 0 Å². The topological polar surface area (TPSA) is 80.3 Å². The molecule has 2 rings (SSSR count). The standard InChI is InChI=1S/C20H25N3O3/c1-13(2)7-8-22-19(24)15-10-16(12-21-11-15)20(25)23-17-9-14(3)5-6-18(17)26-4/h5-6,9-13H,7-8H2,1-4H3,(H,22,24)(H,23,25). The van der Waals surface area contributed by atoms with Gasteiger partial charge < -0.3 is 15.4 Å². The normalized spacial score (nSPS) is 10.5. The molecule has 0 aliphatic heterocycles. The van der Waals surface area contributed by atoms with Crippen LogP contribution in [0.4, 0.5) is 5.69 Å². The van der Waals surface area contributed by atoms with Crippen LogP contribution in [0.15, 0.2) is 36.7 Å². The number of ether oxygens (including phenoxy) is 1. The predicted octanol–water partition coefficient (Wildman–Crippen LogP) is 3.43. The van der Waals surface area contributed by atoms with Crippen LogP contribution in [0, 0.1) is 12.8 Å². The summed E-state index contributed by atoms with van der Waals surface area (Å²) in [5.41, 5.74) is 2.24. The van der Waals surface area contributed by atoms with Crippen molar-refractivity contribution in [2.24, 2.45) is 5.92 Å². The lowest BCUT2D eigenvalue weighted by Gasteiger charge is -2.11. The van der Waals surface area contributed by atoms with Crippen molar-refractivity contribution in [1.29, 1.82) is 0 Å². The van der Waals surface area contributed by atoms with Crippen LogP contribution in [0.1, 0.15) is 46.5 Å². The highest BCUT2D eigenvalue weighted by molar-refractivity contribution is 6.06. The molecule has 0 bridgehead atoms. The Balaban J connectivity index is 2.10. The number of carbonyl (C=O) groups excluding carboxylic acids is 2. The number of carbonyl (C=O) groups is 2. The third-order valence-electron chi connectivity index (χ3n) is 3.87. The molecule has 0 saturated carbocycles. The van der Waals surface area contributed by atoms with Crippen molar-refractivity contribution >= 4 is 17.5 Å². The molecule has 0 fully saturated rings. The third-order valence-corrected chi connectivity index (χ3v) is 3.87. The minimum Gasteiger partial charge on any atom is -0.495 e. The molecule has 138 valence electrons. The van der Waals surface area contributed by atoms with Gasteiger partial charge in [0.15, 0.2) is 0 Å². The van der Waals surface area contributed by atoms with E-state index in [9.17, 15) is 9.59 Å². The fraction of sp³-hybridized carbons (Fsp3) is 0.350. The number of hydrogen-bond donors (Lipinski definition) is 2. The first kappa shape index (κ1) is 19.4. The second kappa shape index (κ2) is 8.99. The average Bonchev–Trinajstić information content (AvgIpc) is 2.61. The van der Waals surface area contributed by atoms with E-state index < -0.39 is 0 Å². The second-order valence-corrected chi connectivity index (χ2v) is 6.56. The summed E-state index contributed by atoms with van der Waals surface area (Å²) in [6, 6.07) is 7.06. The third kappa shape index (κ3) is 5.31. The summed E-state index contributed by atoms with van der Waals surface area (Å²) in [5.74, 6) is 0.494. The van der Waals surface area contributed by atoms with Crippen molar-refractivity contribution in [3.05, 3.63) is 53.3 Å². The van der Waals surface area contributed by atoms with Crippen LogP contribution in [0.25, 0.3) is 0 Å². The van der Waals surface area contributed by atoms with Gasteiger partial charge in [-0.05, 0) is 43.0 Å². The number of aryl methyl sites for hydroxylation is 1. The molecule has 26 heavy (non-hydrogen) atoms. The number of anilines is 1. The smallest absolute Gasteiger partial charge is 0.257 e. The van der Waals surface area contributed by atoms with Crippen LogP contribution in [0.3, 0.4) is 0 Å². The molecular formula is C20H25N3O3. The maximum Gasteiger partial charge on any atom is 0.257 e. The molecule has 0 saturated heterocycles. The van der Waals surface area contributed by atoms with Crippen molar-refractivity contribution in [3.8, 4) is 5.75 Å². The number of nitrogens with zero attached hydrogens (tertiary/aromatic N) is 1. The Morgan fingerprint density at radius 2 is 1.81 bits per heavy atom. The van der Waals surface area contributed by atoms with Crippen LogP contribution in [0.2, 0.25) is 0 Å². The molecule has 0 aliphatic rings. The van der Waals surface area contributed by atoms with Gasteiger partial charge in [0.1, 0.15) is 5.75 Å². The number of benzene rings is 1. The summed E-state index contributed by atoms with van der Waals surface area (Å²) in [6.45, 7) is 6.71. The van der Waals surface area contributed by atoms with E-state index in [1.165, 1.54) is 18.5 Å². The Bertz CT molecular complexity index is 788. The number of nitrogens with one attached hydrogen (secondary N) is 2. The molecule has 2 amide bonds. The molecule has 0 atom stereocenters. The zero-order chi connectivity index (χ0) is 19.1. The Kier molecular flexibility index (Phi) is 6.72. The SMILES string of the molecule is COc1ccc(C)cc1NC(=O)c1cncc(C(=O)NCCC(C)C)c1. The van der Waals surface area contributed by atoms with Crippen molar-refractivity contribution < 1.29 is 14.3 Å². The summed E-state index contributed by atoms with van der Waals surface area (Å²) in [7, 11) is 1.55. The maximum atomic E-state index is 12.5. The van der Waals surface area contributed by atoms with Crippen molar-refractivity contribution in [2.45, 2.75) is 27.2 Å². The molecule has 6 nitrogen and oxygen atoms in total. The van der Waals surface area contributed by atoms with Gasteiger partial charge in [-0.2, -0.15) is 0 Å². The number of amides is 2. The molecule has 1 aromatic carbocycles. The molecular weight excluding hydrogens is 330 g/mol. The van der Waals surface area contributed by atoms with Gasteiger partial charge in [-0.25, -0.2) is 0 Å². The highest BCUT2D eigenvalue weighted by Gasteiger charge is 2.13. The molecule has 6 heteroatoms. The van der Waals surface area contributed by atoms with Crippen molar-refractivity contribution in [3.63, 3.8) is 0 Å². The Morgan fingerprint density at radius 3 is 2.46 bits per heavy atom. The maximum absolute atomic E-state index is 12.5. The van der Waals surface area contributed by atoms with Crippen LogP contribution in [0.5, 0.6) is 5.75 Å². The number of pyridine rings is 1. The average molecular weight is 355 g/mol. The van der Waals surface area contributed by atoms with Gasteiger partial charge in [0, 0.05) is 18.9 Å². The molecule has 2 aromatic rings. The van der Waals surface area contributed by atoms with Gasteiger partial charge in [0.05, 0.1) is 23.9 Å². The highest BCUT2D eigenvalue weighted by atomic mass is 16.5. The van der Waals surface area contributed by atoms with Crippen LogP contribution < -0.4 is 15.4 Å². The van der Waals surface area contributed by atoms with Crippen molar-refractivity contribution in [1.82, 2.24) is 10.3 Å². The van der Waals surface area contributed by atoms with Gasteiger partial charge >= 0.3 is 0 Å². The fourth-order valence-corrected chi connectivity index (χ4v) is 2.38. The highest BCUT2D eigenvalue weighted by Crippen LogP contribution is 2.25. The van der Waals surface area contributed by atoms with Crippen molar-refractivity contribution in [2.75, 3.05) is 19.0 Å². The Labute approximate surface area is 154 Å². The zero-order valence-corrected chi connectivity index (χ0v) is 15.6. The van der Waals surface area contributed by atoms with E-state index >= 15 is 0 Å². The lowest BCUT2D eigenvalue weighted by Crippen LogP contribution is -2.26. The minimum absolute atomic E-state index is 0.235. The van der Waals surface area contributed by atoms with E-state index in [4.69, 9.17) is 4.74 Å². The number of hydrogen-bond acceptors (Lipinski definition) is 4. The van der Waals surface area contributed by atoms with Gasteiger partial charge in [-0.15, -0.1) is 0 Å². The quantitative estimate of drug-likeness (QED) is 0.797. The van der Waals surface area contributed by atoms with Gasteiger partial charge in [0.25, 0.3) is 11.8 Å². The van der Waals surface area contributed by atoms with Gasteiger partial charge in [-0.1, -0.05) is 19.9 Å². The molecule has 0 spiro atoms. The summed E-state index contributed by atoms with van der Waals surface area (Å²) in [6.07, 6.45) is 3.78. The Hall–Kier alpha value is -2.89. The Morgan fingerprint density at radius 1 is 1.12 bits per heavy atom. The summed E-state index contributed by atoms with van der Waals surface area (Å²) >= 11 is 0. The molecule has 0 aliphatic carbocycles. The van der Waals surface area contributed by atoms with E-state index in [2.05, 4.69) is 29.5 Å². The van der Waals surface area contributed by atoms with E-state index in [1.807, 2.05) is 19.1 Å². The zero-order valence-electron chi connectivity index (χ0n) is 15.6. The van der Waals surface area contributed by atoms with Crippen LogP contribution in [-0.4, -0.2) is 30.5 Å². The first-order chi connectivity index (χ1) is 12.4. The number of methoxy groups -OCH3 is 1. The molecule has 2 N–H and O–H groups in total. The summed E-state index contributed by atoms with van der Waals surface area (Å²) in [5, 5.41) is 5.65. The van der Waals surface area contributed by atoms with E-state index in [-0.39, 0.29) is 11.8 Å². The van der Waals surface area contributed by atoms with E-state index in [0.717, 1.165) is 12.0 Å². The molecule has 0 unspecified atom stereocenters. The number of rotatable bonds is 7.